The molecular formula is C12H16N2O4. The Bertz CT molecular complexity index is 430. The van der Waals surface area contributed by atoms with Crippen LogP contribution in [0.15, 0.2) is 24.3 Å². The van der Waals surface area contributed by atoms with E-state index in [0.29, 0.717) is 0 Å². The number of nitrogens with two attached hydrogens (primary N) is 1. The first-order valence-corrected chi connectivity index (χ1v) is 5.47. The molecule has 18 heavy (non-hydrogen) atoms. The highest BCUT2D eigenvalue weighted by Crippen LogP contribution is 2.10. The summed E-state index contributed by atoms with van der Waals surface area (Å²) in [5, 5.41) is 20.1. The molecule has 6 nitrogen and oxygen atoms in total. The van der Waals surface area contributed by atoms with Crippen LogP contribution in [0.3, 0.4) is 0 Å². The van der Waals surface area contributed by atoms with Crippen molar-refractivity contribution in [2.45, 2.75) is 25.4 Å². The van der Waals surface area contributed by atoms with Gasteiger partial charge in [-0.05, 0) is 31.0 Å². The molecule has 0 aliphatic carbocycles. The highest BCUT2D eigenvalue weighted by Gasteiger charge is 2.19. The van der Waals surface area contributed by atoms with Gasteiger partial charge in [0.2, 0.25) is 5.91 Å². The zero-order valence-electron chi connectivity index (χ0n) is 9.96. The number of rotatable bonds is 5. The molecule has 2 atom stereocenters. The predicted octanol–water partition coefficient (Wildman–Crippen LogP) is -0.149. The minimum Gasteiger partial charge on any atom is -0.508 e. The van der Waals surface area contributed by atoms with Crippen molar-refractivity contribution in [2.24, 2.45) is 5.73 Å². The molecule has 0 saturated carbocycles. The number of nitrogens with one attached hydrogen (secondary N) is 1. The van der Waals surface area contributed by atoms with Crippen LogP contribution < -0.4 is 11.1 Å². The van der Waals surface area contributed by atoms with E-state index < -0.39 is 24.0 Å². The van der Waals surface area contributed by atoms with E-state index in [2.05, 4.69) is 5.32 Å². The number of carboxylic acid groups (broad SMARTS) is 1. The number of aromatic hydroxyl groups is 1. The third kappa shape index (κ3) is 4.06. The van der Waals surface area contributed by atoms with Crippen LogP contribution >= 0.6 is 0 Å². The molecule has 1 rings (SSSR count). The molecular weight excluding hydrogens is 236 g/mol. The molecule has 5 N–H and O–H groups in total. The van der Waals surface area contributed by atoms with Crippen LogP contribution in [0.1, 0.15) is 12.5 Å². The van der Waals surface area contributed by atoms with Gasteiger partial charge in [0.05, 0.1) is 6.04 Å². The maximum atomic E-state index is 11.6. The second kappa shape index (κ2) is 6.02. The van der Waals surface area contributed by atoms with Gasteiger partial charge in [-0.15, -0.1) is 0 Å². The SMILES string of the molecule is C[C@H](NC(=O)[C@H](N)Cc1ccc(O)cc1)C(=O)O. The second-order valence-corrected chi connectivity index (χ2v) is 4.05. The van der Waals surface area contributed by atoms with Gasteiger partial charge in [-0.2, -0.15) is 0 Å². The Kier molecular flexibility index (Phi) is 4.67. The van der Waals surface area contributed by atoms with Crippen molar-refractivity contribution in [1.82, 2.24) is 5.32 Å². The van der Waals surface area contributed by atoms with Gasteiger partial charge >= 0.3 is 5.97 Å². The number of phenols is 1. The average molecular weight is 252 g/mol. The number of carbonyl (C=O) groups excluding carboxylic acids is 1. The smallest absolute Gasteiger partial charge is 0.325 e. The molecule has 0 aliphatic heterocycles. The molecule has 0 aliphatic rings. The lowest BCUT2D eigenvalue weighted by molar-refractivity contribution is -0.141. The maximum Gasteiger partial charge on any atom is 0.325 e. The van der Waals surface area contributed by atoms with Gasteiger partial charge in [0.1, 0.15) is 11.8 Å². The van der Waals surface area contributed by atoms with Crippen LogP contribution in [-0.4, -0.2) is 34.2 Å². The molecule has 0 unspecified atom stereocenters. The quantitative estimate of drug-likeness (QED) is 0.582. The molecule has 0 heterocycles. The Labute approximate surface area is 104 Å². The third-order valence-electron chi connectivity index (χ3n) is 2.46. The number of carbonyl (C=O) groups is 2. The minimum absolute atomic E-state index is 0.135. The largest absolute Gasteiger partial charge is 0.508 e. The van der Waals surface area contributed by atoms with Crippen LogP contribution in [-0.2, 0) is 16.0 Å². The standard InChI is InChI=1S/C12H16N2O4/c1-7(12(17)18)14-11(16)10(13)6-8-2-4-9(15)5-3-8/h2-5,7,10,15H,6,13H2,1H3,(H,14,16)(H,17,18)/t7-,10+/m0/s1. The molecule has 6 heteroatoms. The van der Waals surface area contributed by atoms with Crippen molar-refractivity contribution in [3.05, 3.63) is 29.8 Å². The summed E-state index contributed by atoms with van der Waals surface area (Å²) in [4.78, 5) is 22.2. The fourth-order valence-electron chi connectivity index (χ4n) is 1.36. The van der Waals surface area contributed by atoms with Gasteiger partial charge in [-0.3, -0.25) is 9.59 Å². The monoisotopic (exact) mass is 252 g/mol. The van der Waals surface area contributed by atoms with E-state index in [1.165, 1.54) is 19.1 Å². The summed E-state index contributed by atoms with van der Waals surface area (Å²) >= 11 is 0. The number of aliphatic carboxylic acids is 1. The Morgan fingerprint density at radius 2 is 1.89 bits per heavy atom. The molecule has 98 valence electrons. The number of hydrogen-bond acceptors (Lipinski definition) is 4. The Morgan fingerprint density at radius 1 is 1.33 bits per heavy atom. The van der Waals surface area contributed by atoms with Gasteiger partial charge in [0, 0.05) is 0 Å². The van der Waals surface area contributed by atoms with Crippen LogP contribution in [0, 0.1) is 0 Å². The molecule has 0 aromatic heterocycles. The summed E-state index contributed by atoms with van der Waals surface area (Å²) in [7, 11) is 0. The Morgan fingerprint density at radius 3 is 2.39 bits per heavy atom. The zero-order chi connectivity index (χ0) is 13.7. The van der Waals surface area contributed by atoms with Gasteiger partial charge in [0.25, 0.3) is 0 Å². The number of phenolic OH excluding ortho intramolecular Hbond substituents is 1. The van der Waals surface area contributed by atoms with Gasteiger partial charge in [-0.1, -0.05) is 12.1 Å². The van der Waals surface area contributed by atoms with Crippen LogP contribution in [0.4, 0.5) is 0 Å². The molecule has 0 bridgehead atoms. The molecule has 0 saturated heterocycles. The number of amides is 1. The molecule has 1 aromatic carbocycles. The lowest BCUT2D eigenvalue weighted by Crippen LogP contribution is -2.47. The predicted molar refractivity (Wildman–Crippen MR) is 65.0 cm³/mol. The van der Waals surface area contributed by atoms with Crippen LogP contribution in [0.2, 0.25) is 0 Å². The second-order valence-electron chi connectivity index (χ2n) is 4.05. The van der Waals surface area contributed by atoms with E-state index in [1.807, 2.05) is 0 Å². The topological polar surface area (TPSA) is 113 Å². The lowest BCUT2D eigenvalue weighted by atomic mass is 10.1. The summed E-state index contributed by atoms with van der Waals surface area (Å²) in [5.74, 6) is -1.49. The van der Waals surface area contributed by atoms with E-state index in [-0.39, 0.29) is 12.2 Å². The van der Waals surface area contributed by atoms with Crippen molar-refractivity contribution in [3.8, 4) is 5.75 Å². The first-order valence-electron chi connectivity index (χ1n) is 5.47. The molecule has 0 radical (unpaired) electrons. The Balaban J connectivity index is 2.54. The van der Waals surface area contributed by atoms with Crippen molar-refractivity contribution in [1.29, 1.82) is 0 Å². The van der Waals surface area contributed by atoms with E-state index in [0.717, 1.165) is 5.56 Å². The number of hydrogen-bond donors (Lipinski definition) is 4. The van der Waals surface area contributed by atoms with Gasteiger partial charge in [-0.25, -0.2) is 0 Å². The zero-order valence-corrected chi connectivity index (χ0v) is 9.96. The summed E-state index contributed by atoms with van der Waals surface area (Å²) < 4.78 is 0. The molecule has 0 spiro atoms. The highest BCUT2D eigenvalue weighted by molar-refractivity contribution is 5.86. The summed E-state index contributed by atoms with van der Waals surface area (Å²) in [6, 6.07) is 4.52. The number of carboxylic acids is 1. The third-order valence-corrected chi connectivity index (χ3v) is 2.46. The van der Waals surface area contributed by atoms with Crippen molar-refractivity contribution < 1.29 is 19.8 Å². The first-order chi connectivity index (χ1) is 8.40. The fraction of sp³-hybridized carbons (Fsp3) is 0.333. The summed E-state index contributed by atoms with van der Waals surface area (Å²) in [6.07, 6.45) is 0.276. The fourth-order valence-corrected chi connectivity index (χ4v) is 1.36. The summed E-state index contributed by atoms with van der Waals surface area (Å²) in [6.45, 7) is 1.37. The lowest BCUT2D eigenvalue weighted by Gasteiger charge is -2.14. The average Bonchev–Trinajstić information content (AvgIpc) is 2.31. The van der Waals surface area contributed by atoms with Crippen LogP contribution in [0.25, 0.3) is 0 Å². The first kappa shape index (κ1) is 14.0. The minimum atomic E-state index is -1.11. The molecule has 1 aromatic rings. The Hall–Kier alpha value is -2.08. The van der Waals surface area contributed by atoms with E-state index in [4.69, 9.17) is 15.9 Å². The molecule has 0 fully saturated rings. The van der Waals surface area contributed by atoms with E-state index in [1.54, 1.807) is 12.1 Å². The van der Waals surface area contributed by atoms with E-state index >= 15 is 0 Å². The molecule has 1 amide bonds. The van der Waals surface area contributed by atoms with Crippen molar-refractivity contribution >= 4 is 11.9 Å². The van der Waals surface area contributed by atoms with E-state index in [9.17, 15) is 9.59 Å². The van der Waals surface area contributed by atoms with Crippen LogP contribution in [0.5, 0.6) is 5.75 Å². The van der Waals surface area contributed by atoms with Gasteiger partial charge < -0.3 is 21.3 Å². The van der Waals surface area contributed by atoms with Crippen molar-refractivity contribution in [2.75, 3.05) is 0 Å². The van der Waals surface area contributed by atoms with Crippen molar-refractivity contribution in [3.63, 3.8) is 0 Å². The van der Waals surface area contributed by atoms with Gasteiger partial charge in [0.15, 0.2) is 0 Å². The highest BCUT2D eigenvalue weighted by atomic mass is 16.4. The number of benzene rings is 1. The maximum absolute atomic E-state index is 11.6. The normalized spacial score (nSPS) is 13.7. The summed E-state index contributed by atoms with van der Waals surface area (Å²) in [5.41, 5.74) is 6.46.